The van der Waals surface area contributed by atoms with Gasteiger partial charge in [-0.1, -0.05) is 12.8 Å². The van der Waals surface area contributed by atoms with Crippen molar-refractivity contribution in [3.05, 3.63) is 17.8 Å². The number of hydrogen-bond donors (Lipinski definition) is 2. The predicted molar refractivity (Wildman–Crippen MR) is 83.2 cm³/mol. The third-order valence-corrected chi connectivity index (χ3v) is 4.25. The maximum atomic E-state index is 11.7. The van der Waals surface area contributed by atoms with Gasteiger partial charge in [-0.2, -0.15) is 0 Å². The predicted octanol–water partition coefficient (Wildman–Crippen LogP) is 1.18. The van der Waals surface area contributed by atoms with Crippen molar-refractivity contribution >= 4 is 11.7 Å². The molecule has 21 heavy (non-hydrogen) atoms. The number of nitrogens with two attached hydrogens (primary N) is 1. The lowest BCUT2D eigenvalue weighted by Crippen LogP contribution is -2.43. The first kappa shape index (κ1) is 15.7. The third kappa shape index (κ3) is 3.69. The van der Waals surface area contributed by atoms with Crippen molar-refractivity contribution in [3.63, 3.8) is 0 Å². The number of amides is 1. The first-order valence-electron chi connectivity index (χ1n) is 7.72. The average Bonchev–Trinajstić information content (AvgIpc) is 2.54. The van der Waals surface area contributed by atoms with Crippen molar-refractivity contribution < 1.29 is 4.79 Å². The fraction of sp³-hybridized carbons (Fsp3) is 0.667. The lowest BCUT2D eigenvalue weighted by molar-refractivity contribution is 0.0950. The van der Waals surface area contributed by atoms with Gasteiger partial charge < -0.3 is 16.0 Å². The van der Waals surface area contributed by atoms with Crippen LogP contribution in [0.25, 0.3) is 0 Å². The third-order valence-electron chi connectivity index (χ3n) is 4.25. The number of rotatable bonds is 5. The maximum Gasteiger partial charge on any atom is 0.271 e. The van der Waals surface area contributed by atoms with E-state index in [0.717, 1.165) is 12.2 Å². The van der Waals surface area contributed by atoms with Crippen LogP contribution in [0.15, 0.2) is 12.1 Å². The van der Waals surface area contributed by atoms with Crippen LogP contribution in [0.4, 0.5) is 5.82 Å². The molecule has 1 heterocycles. The summed E-state index contributed by atoms with van der Waals surface area (Å²) in [6.45, 7) is 3.17. The summed E-state index contributed by atoms with van der Waals surface area (Å²) in [7, 11) is 2.04. The van der Waals surface area contributed by atoms with E-state index in [1.165, 1.54) is 19.3 Å². The van der Waals surface area contributed by atoms with Crippen LogP contribution < -0.4 is 16.0 Å². The van der Waals surface area contributed by atoms with Gasteiger partial charge in [-0.3, -0.25) is 4.79 Å². The van der Waals surface area contributed by atoms with Crippen LogP contribution in [0.1, 0.15) is 43.1 Å². The lowest BCUT2D eigenvalue weighted by Gasteiger charge is -2.37. The second-order valence-electron chi connectivity index (χ2n) is 5.59. The number of anilines is 1. The molecule has 2 rings (SSSR count). The fourth-order valence-electron chi connectivity index (χ4n) is 3.03. The highest BCUT2D eigenvalue weighted by Crippen LogP contribution is 2.29. The van der Waals surface area contributed by atoms with Crippen molar-refractivity contribution in [2.75, 3.05) is 25.0 Å². The van der Waals surface area contributed by atoms with E-state index in [0.29, 0.717) is 30.7 Å². The van der Waals surface area contributed by atoms with Crippen LogP contribution in [0, 0.1) is 5.92 Å². The first-order valence-corrected chi connectivity index (χ1v) is 7.72. The second kappa shape index (κ2) is 7.36. The van der Waals surface area contributed by atoms with Crippen LogP contribution in [-0.2, 0) is 0 Å². The van der Waals surface area contributed by atoms with E-state index >= 15 is 0 Å². The molecule has 1 fully saturated rings. The molecule has 6 nitrogen and oxygen atoms in total. The Morgan fingerprint density at radius 3 is 2.76 bits per heavy atom. The summed E-state index contributed by atoms with van der Waals surface area (Å²) >= 11 is 0. The molecule has 0 bridgehead atoms. The van der Waals surface area contributed by atoms with Gasteiger partial charge in [-0.05, 0) is 44.4 Å². The summed E-state index contributed by atoms with van der Waals surface area (Å²) in [4.78, 5) is 13.8. The number of nitrogens with one attached hydrogen (secondary N) is 1. The Balaban J connectivity index is 2.08. The van der Waals surface area contributed by atoms with Crippen LogP contribution in [0.3, 0.4) is 0 Å². The molecular weight excluding hydrogens is 266 g/mol. The molecule has 1 amide bonds. The molecule has 2 unspecified atom stereocenters. The molecule has 1 aromatic rings. The zero-order valence-corrected chi connectivity index (χ0v) is 12.9. The zero-order valence-electron chi connectivity index (χ0n) is 12.9. The van der Waals surface area contributed by atoms with E-state index in [9.17, 15) is 4.79 Å². The molecule has 3 N–H and O–H groups in total. The highest BCUT2D eigenvalue weighted by molar-refractivity contribution is 5.92. The molecule has 0 aliphatic heterocycles. The van der Waals surface area contributed by atoms with Gasteiger partial charge in [0.05, 0.1) is 0 Å². The number of carbonyl (C=O) groups excluding carboxylic acids is 1. The Hall–Kier alpha value is -1.69. The van der Waals surface area contributed by atoms with Crippen LogP contribution in [0.2, 0.25) is 0 Å². The first-order chi connectivity index (χ1) is 10.2. The van der Waals surface area contributed by atoms with Crippen LogP contribution in [0.5, 0.6) is 0 Å². The molecule has 1 aromatic heterocycles. The van der Waals surface area contributed by atoms with Gasteiger partial charge >= 0.3 is 0 Å². The van der Waals surface area contributed by atoms with Gasteiger partial charge in [-0.25, -0.2) is 0 Å². The van der Waals surface area contributed by atoms with Gasteiger partial charge in [0.25, 0.3) is 5.91 Å². The van der Waals surface area contributed by atoms with Crippen molar-refractivity contribution in [1.29, 1.82) is 0 Å². The number of carbonyl (C=O) groups is 1. The molecule has 1 aliphatic carbocycles. The molecule has 1 aliphatic rings. The summed E-state index contributed by atoms with van der Waals surface area (Å²) < 4.78 is 0. The van der Waals surface area contributed by atoms with E-state index in [1.54, 1.807) is 6.07 Å². The van der Waals surface area contributed by atoms with Gasteiger partial charge in [0.2, 0.25) is 0 Å². The van der Waals surface area contributed by atoms with Crippen molar-refractivity contribution in [2.24, 2.45) is 11.7 Å². The van der Waals surface area contributed by atoms with E-state index < -0.39 is 0 Å². The quantitative estimate of drug-likeness (QED) is 0.851. The molecule has 0 saturated heterocycles. The van der Waals surface area contributed by atoms with E-state index in [-0.39, 0.29) is 5.91 Å². The molecule has 6 heteroatoms. The molecule has 116 valence electrons. The zero-order chi connectivity index (χ0) is 15.2. The molecule has 0 radical (unpaired) electrons. The van der Waals surface area contributed by atoms with Crippen LogP contribution in [-0.4, -0.2) is 42.3 Å². The standard InChI is InChI=1S/C15H25N5O/c1-3-17-15(21)12-8-9-14(19-18-12)20(2)13-7-5-4-6-11(13)10-16/h8-9,11,13H,3-7,10,16H2,1-2H3,(H,17,21). The maximum absolute atomic E-state index is 11.7. The smallest absolute Gasteiger partial charge is 0.271 e. The summed E-state index contributed by atoms with van der Waals surface area (Å²) in [5.41, 5.74) is 6.25. The van der Waals surface area contributed by atoms with E-state index in [1.807, 2.05) is 20.0 Å². The lowest BCUT2D eigenvalue weighted by atomic mass is 9.84. The minimum atomic E-state index is -0.184. The van der Waals surface area contributed by atoms with Gasteiger partial charge in [0.1, 0.15) is 0 Å². The van der Waals surface area contributed by atoms with Gasteiger partial charge in [0, 0.05) is 19.6 Å². The summed E-state index contributed by atoms with van der Waals surface area (Å²) in [6, 6.07) is 4.00. The van der Waals surface area contributed by atoms with Crippen LogP contribution >= 0.6 is 0 Å². The molecule has 1 saturated carbocycles. The molecule has 0 spiro atoms. The summed E-state index contributed by atoms with van der Waals surface area (Å²) in [6.07, 6.45) is 4.80. The minimum Gasteiger partial charge on any atom is -0.355 e. The highest BCUT2D eigenvalue weighted by atomic mass is 16.1. The van der Waals surface area contributed by atoms with E-state index in [2.05, 4.69) is 20.4 Å². The number of nitrogens with zero attached hydrogens (tertiary/aromatic N) is 3. The Morgan fingerprint density at radius 2 is 2.14 bits per heavy atom. The monoisotopic (exact) mass is 291 g/mol. The normalized spacial score (nSPS) is 21.9. The molecule has 2 atom stereocenters. The Labute approximate surface area is 126 Å². The Morgan fingerprint density at radius 1 is 1.38 bits per heavy atom. The number of aromatic nitrogens is 2. The van der Waals surface area contributed by atoms with Crippen molar-refractivity contribution in [2.45, 2.75) is 38.6 Å². The second-order valence-corrected chi connectivity index (χ2v) is 5.59. The van der Waals surface area contributed by atoms with E-state index in [4.69, 9.17) is 5.73 Å². The highest BCUT2D eigenvalue weighted by Gasteiger charge is 2.28. The topological polar surface area (TPSA) is 84.1 Å². The number of hydrogen-bond acceptors (Lipinski definition) is 5. The average molecular weight is 291 g/mol. The largest absolute Gasteiger partial charge is 0.355 e. The van der Waals surface area contributed by atoms with Crippen molar-refractivity contribution in [1.82, 2.24) is 15.5 Å². The fourth-order valence-corrected chi connectivity index (χ4v) is 3.03. The summed E-state index contributed by atoms with van der Waals surface area (Å²) in [5, 5.41) is 10.9. The Bertz CT molecular complexity index is 462. The Kier molecular flexibility index (Phi) is 5.50. The van der Waals surface area contributed by atoms with Gasteiger partial charge in [0.15, 0.2) is 11.5 Å². The summed E-state index contributed by atoms with van der Waals surface area (Å²) in [5.74, 6) is 1.12. The minimum absolute atomic E-state index is 0.184. The molecule has 0 aromatic carbocycles. The van der Waals surface area contributed by atoms with Gasteiger partial charge in [-0.15, -0.1) is 10.2 Å². The van der Waals surface area contributed by atoms with Crippen molar-refractivity contribution in [3.8, 4) is 0 Å². The molecular formula is C15H25N5O. The SMILES string of the molecule is CCNC(=O)c1ccc(N(C)C2CCCCC2CN)nn1.